The Kier molecular flexibility index (Phi) is 14.4. The first-order valence-electron chi connectivity index (χ1n) is 14.9. The molecular formula is C32H40N4O8S2. The fourth-order valence-corrected chi connectivity index (χ4v) is 5.76. The van der Waals surface area contributed by atoms with Crippen LogP contribution in [0, 0.1) is 0 Å². The molecule has 0 saturated heterocycles. The van der Waals surface area contributed by atoms with Gasteiger partial charge in [-0.2, -0.15) is 23.5 Å². The predicted octanol–water partition coefficient (Wildman–Crippen LogP) is 2.89. The van der Waals surface area contributed by atoms with Crippen molar-refractivity contribution in [3.8, 4) is 0 Å². The zero-order chi connectivity index (χ0) is 33.6. The Labute approximate surface area is 276 Å². The Balaban J connectivity index is 1.84. The fraction of sp³-hybridized carbons (Fsp3) is 0.438. The van der Waals surface area contributed by atoms with Crippen LogP contribution in [0.5, 0.6) is 0 Å². The third-order valence-electron chi connectivity index (χ3n) is 6.99. The Morgan fingerprint density at radius 1 is 0.674 bits per heavy atom. The first kappa shape index (κ1) is 36.4. The van der Waals surface area contributed by atoms with Crippen LogP contribution in [0.2, 0.25) is 0 Å². The van der Waals surface area contributed by atoms with Crippen molar-refractivity contribution in [2.24, 2.45) is 0 Å². The van der Waals surface area contributed by atoms with E-state index in [0.717, 1.165) is 0 Å². The quantitative estimate of drug-likeness (QED) is 0.146. The lowest BCUT2D eigenvalue weighted by Gasteiger charge is -2.24. The largest absolute Gasteiger partial charge is 0.464 e. The lowest BCUT2D eigenvalue weighted by molar-refractivity contribution is -0.147. The molecule has 2 atom stereocenters. The molecule has 14 heteroatoms. The van der Waals surface area contributed by atoms with Crippen LogP contribution in [0.1, 0.15) is 58.5 Å². The molecule has 3 rings (SSSR count). The molecule has 2 amide bonds. The summed E-state index contributed by atoms with van der Waals surface area (Å²) in [6.07, 6.45) is 4.56. The first-order valence-corrected chi connectivity index (χ1v) is 17.7. The number of carbonyl (C=O) groups is 6. The van der Waals surface area contributed by atoms with E-state index in [0.29, 0.717) is 24.3 Å². The number of carbonyl (C=O) groups excluding carboxylic acids is 6. The molecule has 0 radical (unpaired) electrons. The van der Waals surface area contributed by atoms with Gasteiger partial charge in [0.25, 0.3) is 0 Å². The van der Waals surface area contributed by atoms with Crippen molar-refractivity contribution in [1.82, 2.24) is 10.6 Å². The Bertz CT molecular complexity index is 1350. The number of esters is 2. The number of anilines is 2. The summed E-state index contributed by atoms with van der Waals surface area (Å²) in [6.45, 7) is 3.16. The average molecular weight is 673 g/mol. The van der Waals surface area contributed by atoms with E-state index in [4.69, 9.17) is 9.47 Å². The van der Waals surface area contributed by atoms with Crippen LogP contribution >= 0.6 is 23.5 Å². The molecule has 0 aliphatic heterocycles. The molecule has 0 aromatic heterocycles. The van der Waals surface area contributed by atoms with E-state index in [-0.39, 0.29) is 59.9 Å². The van der Waals surface area contributed by atoms with E-state index in [1.165, 1.54) is 23.5 Å². The second-order valence-electron chi connectivity index (χ2n) is 10.1. The van der Waals surface area contributed by atoms with Gasteiger partial charge in [-0.3, -0.25) is 19.2 Å². The highest BCUT2D eigenvalue weighted by atomic mass is 32.2. The molecule has 1 aliphatic carbocycles. The third-order valence-corrected chi connectivity index (χ3v) is 8.28. The van der Waals surface area contributed by atoms with Crippen LogP contribution in [-0.4, -0.2) is 97.7 Å². The summed E-state index contributed by atoms with van der Waals surface area (Å²) in [5.74, 6) is -1.65. The van der Waals surface area contributed by atoms with Gasteiger partial charge in [0.15, 0.2) is 11.6 Å². The van der Waals surface area contributed by atoms with Crippen LogP contribution in [-0.2, 0) is 28.7 Å². The number of benzene rings is 2. The van der Waals surface area contributed by atoms with Crippen LogP contribution in [0.4, 0.5) is 11.4 Å². The van der Waals surface area contributed by atoms with Gasteiger partial charge >= 0.3 is 11.9 Å². The Hall–Kier alpha value is -4.04. The first-order chi connectivity index (χ1) is 22.2. The van der Waals surface area contributed by atoms with Gasteiger partial charge in [0.2, 0.25) is 11.8 Å². The van der Waals surface area contributed by atoms with E-state index < -0.39 is 47.4 Å². The van der Waals surface area contributed by atoms with Crippen LogP contribution in [0.25, 0.3) is 0 Å². The molecule has 46 heavy (non-hydrogen) atoms. The molecule has 0 saturated carbocycles. The van der Waals surface area contributed by atoms with Crippen molar-refractivity contribution >= 4 is 70.2 Å². The minimum atomic E-state index is -0.826. The molecule has 12 nitrogen and oxygen atoms in total. The van der Waals surface area contributed by atoms with Gasteiger partial charge in [-0.05, 0) is 62.8 Å². The number of ether oxygens (including phenoxy) is 2. The smallest absolute Gasteiger partial charge is 0.328 e. The Morgan fingerprint density at radius 2 is 1.07 bits per heavy atom. The van der Waals surface area contributed by atoms with Crippen molar-refractivity contribution in [1.29, 1.82) is 0 Å². The van der Waals surface area contributed by atoms with Crippen molar-refractivity contribution in [2.75, 3.05) is 61.0 Å². The number of hydrogen-bond acceptors (Lipinski definition) is 12. The number of fused-ring (bicyclic) bond motifs is 2. The number of hydrogen-bond donors (Lipinski definition) is 4. The second-order valence-corrected chi connectivity index (χ2v) is 12.1. The van der Waals surface area contributed by atoms with Crippen molar-refractivity contribution in [3.05, 3.63) is 58.7 Å². The molecule has 248 valence electrons. The van der Waals surface area contributed by atoms with Gasteiger partial charge in [0, 0.05) is 22.5 Å². The maximum atomic E-state index is 13.7. The Morgan fingerprint density at radius 3 is 1.41 bits per heavy atom. The van der Waals surface area contributed by atoms with E-state index in [1.54, 1.807) is 50.2 Å². The molecular weight excluding hydrogens is 633 g/mol. The minimum Gasteiger partial charge on any atom is -0.464 e. The highest BCUT2D eigenvalue weighted by Crippen LogP contribution is 2.36. The maximum Gasteiger partial charge on any atom is 0.328 e. The highest BCUT2D eigenvalue weighted by molar-refractivity contribution is 7.98. The zero-order valence-electron chi connectivity index (χ0n) is 26.4. The molecule has 0 spiro atoms. The predicted molar refractivity (Wildman–Crippen MR) is 180 cm³/mol. The molecule has 2 aromatic carbocycles. The molecule has 1 aliphatic rings. The monoisotopic (exact) mass is 672 g/mol. The molecule has 2 aromatic rings. The third kappa shape index (κ3) is 9.49. The highest BCUT2D eigenvalue weighted by Gasteiger charge is 2.34. The standard InChI is InChI=1S/C32H40N4O8S2/c1-5-43-31(41)23(13-15-45-3)35-25(37)17-33-21-11-12-22(28-27(21)29(39)19-9-7-8-10-20(19)30(28)40)34-18-26(38)36-24(14-16-46-4)32(42)44-6-2/h7-12,23-24,33-34H,5-6,13-18H2,1-4H3,(H,35,37)(H,36,38). The second kappa shape index (κ2) is 18.2. The van der Waals surface area contributed by atoms with Crippen molar-refractivity contribution in [2.45, 2.75) is 38.8 Å². The lowest BCUT2D eigenvalue weighted by Crippen LogP contribution is -2.44. The summed E-state index contributed by atoms with van der Waals surface area (Å²) in [5.41, 5.74) is 1.01. The van der Waals surface area contributed by atoms with Gasteiger partial charge in [-0.15, -0.1) is 0 Å². The topological polar surface area (TPSA) is 169 Å². The molecule has 0 heterocycles. The number of nitrogens with one attached hydrogen (secondary N) is 4. The maximum absolute atomic E-state index is 13.7. The summed E-state index contributed by atoms with van der Waals surface area (Å²) in [7, 11) is 0. The van der Waals surface area contributed by atoms with E-state index in [1.807, 2.05) is 12.5 Å². The number of amides is 2. The zero-order valence-corrected chi connectivity index (χ0v) is 28.0. The minimum absolute atomic E-state index is 0.0515. The van der Waals surface area contributed by atoms with Gasteiger partial charge < -0.3 is 30.7 Å². The number of rotatable bonds is 18. The molecule has 2 unspecified atom stereocenters. The van der Waals surface area contributed by atoms with Crippen LogP contribution in [0.15, 0.2) is 36.4 Å². The molecule has 0 bridgehead atoms. The summed E-state index contributed by atoms with van der Waals surface area (Å²) < 4.78 is 10.2. The summed E-state index contributed by atoms with van der Waals surface area (Å²) >= 11 is 3.06. The normalized spacial score (nSPS) is 13.0. The van der Waals surface area contributed by atoms with Crippen molar-refractivity contribution in [3.63, 3.8) is 0 Å². The number of thioether (sulfide) groups is 2. The van der Waals surface area contributed by atoms with Crippen LogP contribution < -0.4 is 21.3 Å². The van der Waals surface area contributed by atoms with E-state index >= 15 is 0 Å². The lowest BCUT2D eigenvalue weighted by atomic mass is 9.82. The SMILES string of the molecule is CCOC(=O)C(CCSC)NC(=O)CNc1ccc(NCC(=O)NC(CCSC)C(=O)OCC)c2c1C(=O)c1ccccc1C2=O. The molecule has 0 fully saturated rings. The summed E-state index contributed by atoms with van der Waals surface area (Å²) in [5, 5.41) is 11.2. The van der Waals surface area contributed by atoms with E-state index in [9.17, 15) is 28.8 Å². The van der Waals surface area contributed by atoms with Crippen LogP contribution in [0.3, 0.4) is 0 Å². The van der Waals surface area contributed by atoms with Gasteiger partial charge in [0.05, 0.1) is 37.4 Å². The summed E-state index contributed by atoms with van der Waals surface area (Å²) in [6, 6.07) is 7.86. The summed E-state index contributed by atoms with van der Waals surface area (Å²) in [4.78, 5) is 77.9. The average Bonchev–Trinajstić information content (AvgIpc) is 3.05. The van der Waals surface area contributed by atoms with Gasteiger partial charge in [-0.25, -0.2) is 9.59 Å². The van der Waals surface area contributed by atoms with Gasteiger partial charge in [0.1, 0.15) is 12.1 Å². The van der Waals surface area contributed by atoms with Gasteiger partial charge in [-0.1, -0.05) is 24.3 Å². The molecule has 4 N–H and O–H groups in total. The fourth-order valence-electron chi connectivity index (χ4n) is 4.81. The number of ketones is 2. The van der Waals surface area contributed by atoms with Crippen molar-refractivity contribution < 1.29 is 38.2 Å². The van der Waals surface area contributed by atoms with E-state index in [2.05, 4.69) is 21.3 Å².